The van der Waals surface area contributed by atoms with E-state index in [1.54, 1.807) is 0 Å². The lowest BCUT2D eigenvalue weighted by molar-refractivity contribution is 0.106. The number of benzene rings is 1. The average Bonchev–Trinajstić information content (AvgIpc) is 3.37. The van der Waals surface area contributed by atoms with Crippen LogP contribution < -0.4 is 14.4 Å². The molecule has 3 fully saturated rings. The molecule has 0 bridgehead atoms. The molecule has 0 amide bonds. The highest BCUT2D eigenvalue weighted by molar-refractivity contribution is 5.97. The fraction of sp³-hybridized carbons (Fsp3) is 0.545. The third kappa shape index (κ3) is 4.79. The average molecular weight is 624 g/mol. The first-order valence-electron chi connectivity index (χ1n) is 15.9. The fourth-order valence-corrected chi connectivity index (χ4v) is 8.17. The molecule has 9 nitrogen and oxygen atoms in total. The summed E-state index contributed by atoms with van der Waals surface area (Å²) in [4.78, 5) is 18.5. The lowest BCUT2D eigenvalue weighted by atomic mass is 9.79. The van der Waals surface area contributed by atoms with Crippen LogP contribution in [0.3, 0.4) is 0 Å². The highest BCUT2D eigenvalue weighted by atomic mass is 19.3. The van der Waals surface area contributed by atoms with Crippen LogP contribution in [0.15, 0.2) is 24.3 Å². The molecule has 45 heavy (non-hydrogen) atoms. The zero-order valence-electron chi connectivity index (χ0n) is 25.0. The minimum Gasteiger partial charge on any atom is -0.508 e. The number of pyridine rings is 1. The Morgan fingerprint density at radius 3 is 2.89 bits per heavy atom. The summed E-state index contributed by atoms with van der Waals surface area (Å²) in [6, 6.07) is 2.64. The van der Waals surface area contributed by atoms with Crippen LogP contribution in [0.5, 0.6) is 17.6 Å². The van der Waals surface area contributed by atoms with E-state index in [2.05, 4.69) is 26.3 Å². The number of alkyl halides is 2. The zero-order valence-corrected chi connectivity index (χ0v) is 25.0. The number of aryl methyl sites for hydroxylation is 1. The molecule has 3 saturated heterocycles. The van der Waals surface area contributed by atoms with Gasteiger partial charge in [0.15, 0.2) is 5.82 Å². The number of nitrogens with zero attached hydrogens (tertiary/aromatic N) is 5. The summed E-state index contributed by atoms with van der Waals surface area (Å²) in [5.41, 5.74) is 1.75. The molecule has 0 saturated carbocycles. The second-order valence-electron chi connectivity index (χ2n) is 13.1. The highest BCUT2D eigenvalue weighted by Gasteiger charge is 2.47. The first kappa shape index (κ1) is 28.8. The Balaban J connectivity index is 1.30. The summed E-state index contributed by atoms with van der Waals surface area (Å²) >= 11 is 0. The van der Waals surface area contributed by atoms with Crippen molar-refractivity contribution < 1.29 is 32.5 Å². The number of fused-ring (bicyclic) bond motifs is 4. The van der Waals surface area contributed by atoms with Crippen LogP contribution in [-0.2, 0) is 11.2 Å². The second-order valence-corrected chi connectivity index (χ2v) is 13.1. The number of halogens is 3. The zero-order chi connectivity index (χ0) is 30.9. The van der Waals surface area contributed by atoms with E-state index in [1.807, 2.05) is 0 Å². The maximum atomic E-state index is 16.9. The number of aromatic nitrogens is 3. The monoisotopic (exact) mass is 623 g/mol. The minimum absolute atomic E-state index is 0.0347. The Hall–Kier alpha value is -3.64. The molecule has 238 valence electrons. The molecule has 1 aliphatic carbocycles. The van der Waals surface area contributed by atoms with Crippen LogP contribution in [0.1, 0.15) is 55.6 Å². The van der Waals surface area contributed by atoms with Crippen molar-refractivity contribution in [2.24, 2.45) is 0 Å². The van der Waals surface area contributed by atoms with E-state index in [-0.39, 0.29) is 59.0 Å². The van der Waals surface area contributed by atoms with Gasteiger partial charge in [-0.25, -0.2) is 18.2 Å². The summed E-state index contributed by atoms with van der Waals surface area (Å²) in [6.07, 6.45) is 2.26. The Morgan fingerprint density at radius 2 is 2.02 bits per heavy atom. The highest BCUT2D eigenvalue weighted by Crippen LogP contribution is 2.47. The molecule has 8 rings (SSSR count). The second kappa shape index (κ2) is 11.0. The van der Waals surface area contributed by atoms with Gasteiger partial charge in [-0.3, -0.25) is 4.90 Å². The van der Waals surface area contributed by atoms with E-state index in [4.69, 9.17) is 19.2 Å². The molecule has 1 N–H and O–H groups in total. The summed E-state index contributed by atoms with van der Waals surface area (Å²) in [7, 11) is 0. The summed E-state index contributed by atoms with van der Waals surface area (Å²) < 4.78 is 64.0. The van der Waals surface area contributed by atoms with E-state index in [0.717, 1.165) is 44.3 Å². The Bertz CT molecular complexity index is 1690. The van der Waals surface area contributed by atoms with Gasteiger partial charge in [0, 0.05) is 31.2 Å². The van der Waals surface area contributed by atoms with Gasteiger partial charge in [-0.15, -0.1) is 0 Å². The molecule has 0 radical (unpaired) electrons. The van der Waals surface area contributed by atoms with Crippen LogP contribution >= 0.6 is 0 Å². The third-order valence-corrected chi connectivity index (χ3v) is 10.2. The third-order valence-electron chi connectivity index (χ3n) is 10.2. The number of aromatic hydroxyl groups is 1. The molecule has 2 aromatic heterocycles. The first-order valence-corrected chi connectivity index (χ1v) is 15.9. The number of ether oxygens (including phenoxy) is 3. The molecule has 3 aromatic rings. The number of hydrogen-bond acceptors (Lipinski definition) is 9. The first-order chi connectivity index (χ1) is 21.8. The fourth-order valence-electron chi connectivity index (χ4n) is 8.17. The maximum Gasteiger partial charge on any atom is 0.319 e. The van der Waals surface area contributed by atoms with E-state index in [9.17, 15) is 13.9 Å². The Kier molecular flexibility index (Phi) is 7.05. The molecule has 12 heteroatoms. The van der Waals surface area contributed by atoms with Crippen molar-refractivity contribution in [3.05, 3.63) is 41.2 Å². The van der Waals surface area contributed by atoms with Crippen molar-refractivity contribution in [1.29, 1.82) is 0 Å². The molecule has 0 spiro atoms. The topological polar surface area (TPSA) is 93.1 Å². The largest absolute Gasteiger partial charge is 0.508 e. The van der Waals surface area contributed by atoms with Crippen LogP contribution in [0.4, 0.5) is 19.0 Å². The van der Waals surface area contributed by atoms with Gasteiger partial charge in [-0.2, -0.15) is 9.97 Å². The lowest BCUT2D eigenvalue weighted by Crippen LogP contribution is -2.43. The quantitative estimate of drug-likeness (QED) is 0.376. The predicted octanol–water partition coefficient (Wildman–Crippen LogP) is 5.38. The SMILES string of the molecule is C=C1CN2CCC[C@@]2(COc2nc3c4c(nc(-c5cc(O)cc6c5[C@H](C(F)F)CCC6)c(F)c4n2)OC[C@@H]2COCCCN32)C1. The van der Waals surface area contributed by atoms with Gasteiger partial charge >= 0.3 is 6.01 Å². The molecular weight excluding hydrogens is 587 g/mol. The van der Waals surface area contributed by atoms with Crippen molar-refractivity contribution >= 4 is 16.7 Å². The van der Waals surface area contributed by atoms with Crippen molar-refractivity contribution in [2.75, 3.05) is 51.0 Å². The van der Waals surface area contributed by atoms with E-state index < -0.39 is 18.2 Å². The van der Waals surface area contributed by atoms with Crippen molar-refractivity contribution in [2.45, 2.75) is 68.9 Å². The van der Waals surface area contributed by atoms with Gasteiger partial charge in [0.1, 0.15) is 41.4 Å². The van der Waals surface area contributed by atoms with E-state index in [1.165, 1.54) is 12.1 Å². The smallest absolute Gasteiger partial charge is 0.319 e. The molecule has 6 heterocycles. The number of phenols is 1. The summed E-state index contributed by atoms with van der Waals surface area (Å²) in [5.74, 6) is -1.47. The summed E-state index contributed by atoms with van der Waals surface area (Å²) in [6.45, 7) is 8.14. The standard InChI is InChI=1S/C33H36F3N5O4/c1-18-13-33(7-3-8-40(33)14-18)17-45-32-38-28-25-30(39-32)41-9-4-10-43-15-20(41)16-44-31(25)37-27(26(28)34)23-12-21(42)11-19-5-2-6-22(24(19)23)29(35)36/h11-12,20,22,29,42H,1-10,13-17H2/t20-,22+,33-/m0/s1. The number of hydrogen-bond donors (Lipinski definition) is 1. The Morgan fingerprint density at radius 1 is 1.13 bits per heavy atom. The van der Waals surface area contributed by atoms with E-state index >= 15 is 4.39 Å². The van der Waals surface area contributed by atoms with Crippen molar-refractivity contribution in [3.8, 4) is 28.9 Å². The maximum absolute atomic E-state index is 16.9. The van der Waals surface area contributed by atoms with Crippen LogP contribution in [-0.4, -0.2) is 89.0 Å². The van der Waals surface area contributed by atoms with Gasteiger partial charge < -0.3 is 24.2 Å². The van der Waals surface area contributed by atoms with Gasteiger partial charge in [0.05, 0.1) is 18.2 Å². The molecular formula is C33H36F3N5O4. The van der Waals surface area contributed by atoms with Crippen molar-refractivity contribution in [3.63, 3.8) is 0 Å². The van der Waals surface area contributed by atoms with Gasteiger partial charge in [0.2, 0.25) is 12.3 Å². The lowest BCUT2D eigenvalue weighted by Gasteiger charge is -2.31. The number of anilines is 1. The number of phenolic OH excluding ortho intramolecular Hbond substituents is 1. The molecule has 5 aliphatic rings. The van der Waals surface area contributed by atoms with Crippen LogP contribution in [0, 0.1) is 5.82 Å². The minimum atomic E-state index is -2.65. The van der Waals surface area contributed by atoms with Gasteiger partial charge in [0.25, 0.3) is 0 Å². The van der Waals surface area contributed by atoms with Crippen LogP contribution in [0.2, 0.25) is 0 Å². The molecule has 1 aromatic carbocycles. The van der Waals surface area contributed by atoms with Gasteiger partial charge in [-0.05, 0) is 74.8 Å². The molecule has 0 unspecified atom stereocenters. The summed E-state index contributed by atoms with van der Waals surface area (Å²) in [5, 5.41) is 10.9. The van der Waals surface area contributed by atoms with Crippen LogP contribution in [0.25, 0.3) is 22.2 Å². The normalized spacial score (nSPS) is 26.3. The predicted molar refractivity (Wildman–Crippen MR) is 161 cm³/mol. The Labute approximate surface area is 259 Å². The van der Waals surface area contributed by atoms with Crippen molar-refractivity contribution in [1.82, 2.24) is 19.9 Å². The van der Waals surface area contributed by atoms with E-state index in [0.29, 0.717) is 61.5 Å². The van der Waals surface area contributed by atoms with Gasteiger partial charge in [-0.1, -0.05) is 12.2 Å². The molecule has 4 aliphatic heterocycles. The number of rotatable bonds is 5. The molecule has 3 atom stereocenters.